The van der Waals surface area contributed by atoms with Crippen LogP contribution < -0.4 is 4.72 Å². The quantitative estimate of drug-likeness (QED) is 0.870. The summed E-state index contributed by atoms with van der Waals surface area (Å²) in [5.41, 5.74) is -0.743. The van der Waals surface area contributed by atoms with Gasteiger partial charge in [-0.3, -0.25) is 4.79 Å². The molecule has 118 valence electrons. The van der Waals surface area contributed by atoms with Gasteiger partial charge in [0.05, 0.1) is 6.42 Å². The Morgan fingerprint density at radius 1 is 1.29 bits per heavy atom. The van der Waals surface area contributed by atoms with Crippen molar-refractivity contribution in [1.29, 1.82) is 0 Å². The van der Waals surface area contributed by atoms with Gasteiger partial charge in [-0.1, -0.05) is 26.8 Å². The predicted octanol–water partition coefficient (Wildman–Crippen LogP) is 2.13. The summed E-state index contributed by atoms with van der Waals surface area (Å²) in [6.45, 7) is 4.88. The van der Waals surface area contributed by atoms with E-state index in [-0.39, 0.29) is 0 Å². The molecule has 0 aliphatic carbocycles. The van der Waals surface area contributed by atoms with Crippen molar-refractivity contribution >= 4 is 16.0 Å². The van der Waals surface area contributed by atoms with Crippen molar-refractivity contribution in [2.24, 2.45) is 5.41 Å². The molecule has 0 spiro atoms. The molecule has 0 aliphatic heterocycles. The molecular weight excluding hydrogens is 304 g/mol. The van der Waals surface area contributed by atoms with E-state index in [4.69, 9.17) is 5.11 Å². The van der Waals surface area contributed by atoms with E-state index >= 15 is 0 Å². The normalized spacial score (nSPS) is 14.0. The largest absolute Gasteiger partial charge is 0.481 e. The molecule has 0 heterocycles. The molecule has 2 N–H and O–H groups in total. The minimum Gasteiger partial charge on any atom is -0.481 e. The van der Waals surface area contributed by atoms with Gasteiger partial charge in [-0.2, -0.15) is 0 Å². The van der Waals surface area contributed by atoms with Gasteiger partial charge in [0.25, 0.3) is 0 Å². The number of halogens is 2. The van der Waals surface area contributed by atoms with Crippen LogP contribution in [-0.4, -0.2) is 25.5 Å². The average molecular weight is 321 g/mol. The van der Waals surface area contributed by atoms with Gasteiger partial charge < -0.3 is 5.11 Å². The van der Waals surface area contributed by atoms with Crippen LogP contribution in [0.15, 0.2) is 23.1 Å². The van der Waals surface area contributed by atoms with Crippen LogP contribution in [0.25, 0.3) is 0 Å². The second-order valence-corrected chi connectivity index (χ2v) is 7.34. The third-order valence-corrected chi connectivity index (χ3v) is 4.43. The van der Waals surface area contributed by atoms with Gasteiger partial charge in [-0.15, -0.1) is 0 Å². The van der Waals surface area contributed by atoms with Crippen molar-refractivity contribution in [3.05, 3.63) is 29.8 Å². The highest BCUT2D eigenvalue weighted by Crippen LogP contribution is 2.25. The fraction of sp³-hybridized carbons (Fsp3) is 0.462. The Morgan fingerprint density at radius 3 is 2.14 bits per heavy atom. The van der Waals surface area contributed by atoms with E-state index in [1.807, 2.05) is 0 Å². The number of carbonyl (C=O) groups is 1. The second kappa shape index (κ2) is 6.07. The lowest BCUT2D eigenvalue weighted by atomic mass is 9.85. The summed E-state index contributed by atoms with van der Waals surface area (Å²) < 4.78 is 53.5. The summed E-state index contributed by atoms with van der Waals surface area (Å²) in [6, 6.07) is 1.67. The number of rotatable bonds is 5. The van der Waals surface area contributed by atoms with E-state index in [2.05, 4.69) is 4.72 Å². The Kier molecular flexibility index (Phi) is 5.06. The van der Waals surface area contributed by atoms with Crippen LogP contribution in [0.5, 0.6) is 0 Å². The van der Waals surface area contributed by atoms with Crippen LogP contribution in [0, 0.1) is 17.0 Å². The highest BCUT2D eigenvalue weighted by molar-refractivity contribution is 7.89. The van der Waals surface area contributed by atoms with Crippen molar-refractivity contribution in [3.63, 3.8) is 0 Å². The predicted molar refractivity (Wildman–Crippen MR) is 72.2 cm³/mol. The summed E-state index contributed by atoms with van der Waals surface area (Å²) in [5, 5.41) is 8.84. The van der Waals surface area contributed by atoms with Gasteiger partial charge in [-0.25, -0.2) is 21.9 Å². The minimum atomic E-state index is -4.51. The van der Waals surface area contributed by atoms with Crippen molar-refractivity contribution in [3.8, 4) is 0 Å². The number of sulfonamides is 1. The lowest BCUT2D eigenvalue weighted by Gasteiger charge is -2.30. The minimum absolute atomic E-state index is 0.501. The maximum Gasteiger partial charge on any atom is 0.304 e. The first kappa shape index (κ1) is 17.5. The van der Waals surface area contributed by atoms with Crippen molar-refractivity contribution in [2.75, 3.05) is 0 Å². The zero-order valence-corrected chi connectivity index (χ0v) is 12.7. The Bertz CT molecular complexity index is 618. The molecule has 8 heteroatoms. The SMILES string of the molecule is CC(C)(C)C(CC(=O)O)NS(=O)(=O)c1c(F)cccc1F. The lowest BCUT2D eigenvalue weighted by Crippen LogP contribution is -2.45. The standard InChI is InChI=1S/C13H17F2NO4S/c1-13(2,3)10(7-11(17)18)16-21(19,20)12-8(14)5-4-6-9(12)15/h4-6,10,16H,7H2,1-3H3,(H,17,18). The third kappa shape index (κ3) is 4.47. The third-order valence-electron chi connectivity index (χ3n) is 2.91. The van der Waals surface area contributed by atoms with Crippen LogP contribution in [0.3, 0.4) is 0 Å². The molecule has 0 aromatic heterocycles. The van der Waals surface area contributed by atoms with Crippen molar-refractivity contribution in [2.45, 2.75) is 38.1 Å². The van der Waals surface area contributed by atoms with E-state index < -0.39 is 50.4 Å². The van der Waals surface area contributed by atoms with Crippen LogP contribution in [0.4, 0.5) is 8.78 Å². The van der Waals surface area contributed by atoms with Gasteiger partial charge >= 0.3 is 5.97 Å². The maximum atomic E-state index is 13.6. The zero-order chi connectivity index (χ0) is 16.4. The first-order chi connectivity index (χ1) is 9.45. The smallest absolute Gasteiger partial charge is 0.304 e. The fourth-order valence-electron chi connectivity index (χ4n) is 1.68. The number of benzene rings is 1. The molecule has 0 fully saturated rings. The van der Waals surface area contributed by atoms with E-state index in [0.29, 0.717) is 0 Å². The molecule has 1 aromatic rings. The molecule has 0 bridgehead atoms. The van der Waals surface area contributed by atoms with Gasteiger partial charge in [0.15, 0.2) is 4.90 Å². The second-order valence-electron chi connectivity index (χ2n) is 5.69. The molecule has 0 radical (unpaired) electrons. The molecule has 1 unspecified atom stereocenters. The Labute approximate surface area is 122 Å². The topological polar surface area (TPSA) is 83.5 Å². The van der Waals surface area contributed by atoms with Crippen LogP contribution in [0.2, 0.25) is 0 Å². The number of aliphatic carboxylic acids is 1. The summed E-state index contributed by atoms with van der Waals surface area (Å²) in [6.07, 6.45) is -0.501. The number of hydrogen-bond acceptors (Lipinski definition) is 3. The molecule has 5 nitrogen and oxygen atoms in total. The summed E-state index contributed by atoms with van der Waals surface area (Å²) >= 11 is 0. The lowest BCUT2D eigenvalue weighted by molar-refractivity contribution is -0.138. The van der Waals surface area contributed by atoms with E-state index in [0.717, 1.165) is 18.2 Å². The molecular formula is C13H17F2NO4S. The molecule has 1 rings (SSSR count). The van der Waals surface area contributed by atoms with Gasteiger partial charge in [-0.05, 0) is 17.5 Å². The highest BCUT2D eigenvalue weighted by Gasteiger charge is 2.33. The molecule has 0 saturated carbocycles. The maximum absolute atomic E-state index is 13.6. The Hall–Kier alpha value is -1.54. The van der Waals surface area contributed by atoms with Crippen LogP contribution in [0.1, 0.15) is 27.2 Å². The Morgan fingerprint density at radius 2 is 1.76 bits per heavy atom. The molecule has 1 aromatic carbocycles. The zero-order valence-electron chi connectivity index (χ0n) is 11.9. The molecule has 1 atom stereocenters. The number of carboxylic acids is 1. The van der Waals surface area contributed by atoms with Crippen molar-refractivity contribution in [1.82, 2.24) is 4.72 Å². The Balaban J connectivity index is 3.21. The average Bonchev–Trinajstić information content (AvgIpc) is 2.24. The van der Waals surface area contributed by atoms with Crippen LogP contribution >= 0.6 is 0 Å². The highest BCUT2D eigenvalue weighted by atomic mass is 32.2. The molecule has 0 aliphatic rings. The molecule has 0 saturated heterocycles. The number of hydrogen-bond donors (Lipinski definition) is 2. The van der Waals surface area contributed by atoms with Gasteiger partial charge in [0, 0.05) is 6.04 Å². The summed E-state index contributed by atoms with van der Waals surface area (Å²) in [4.78, 5) is 9.72. The fourth-order valence-corrected chi connectivity index (χ4v) is 3.26. The van der Waals surface area contributed by atoms with Gasteiger partial charge in [0.2, 0.25) is 10.0 Å². The van der Waals surface area contributed by atoms with E-state index in [9.17, 15) is 22.0 Å². The molecule has 21 heavy (non-hydrogen) atoms. The van der Waals surface area contributed by atoms with Crippen LogP contribution in [-0.2, 0) is 14.8 Å². The van der Waals surface area contributed by atoms with Gasteiger partial charge in [0.1, 0.15) is 11.6 Å². The number of nitrogens with one attached hydrogen (secondary N) is 1. The van der Waals surface area contributed by atoms with E-state index in [1.54, 1.807) is 20.8 Å². The van der Waals surface area contributed by atoms with Crippen molar-refractivity contribution < 1.29 is 27.1 Å². The summed E-state index contributed by atoms with van der Waals surface area (Å²) in [5.74, 6) is -3.68. The first-order valence-electron chi connectivity index (χ1n) is 6.13. The van der Waals surface area contributed by atoms with E-state index in [1.165, 1.54) is 0 Å². The monoisotopic (exact) mass is 321 g/mol. The number of carboxylic acid groups (broad SMARTS) is 1. The molecule has 0 amide bonds. The first-order valence-corrected chi connectivity index (χ1v) is 7.61. The summed E-state index contributed by atoms with van der Waals surface area (Å²) in [7, 11) is -4.51.